The molecule has 150 valence electrons. The van der Waals surface area contributed by atoms with Gasteiger partial charge in [0.05, 0.1) is 0 Å². The number of anilines is 1. The molecule has 1 unspecified atom stereocenters. The molecule has 1 aromatic heterocycles. The number of aromatic amines is 1. The van der Waals surface area contributed by atoms with Gasteiger partial charge in [0.1, 0.15) is 17.9 Å². The van der Waals surface area contributed by atoms with Crippen molar-refractivity contribution < 1.29 is 9.90 Å². The molecule has 28 heavy (non-hydrogen) atoms. The van der Waals surface area contributed by atoms with E-state index < -0.39 is 0 Å². The first kappa shape index (κ1) is 21.3. The van der Waals surface area contributed by atoms with Crippen LogP contribution in [0.4, 0.5) is 5.82 Å². The number of phenols is 1. The van der Waals surface area contributed by atoms with E-state index in [1.54, 1.807) is 18.2 Å². The number of phenolic OH excluding ortho intramolecular Hbond substituents is 1. The minimum Gasteiger partial charge on any atom is -0.507 e. The molecule has 0 aliphatic carbocycles. The maximum atomic E-state index is 9.93. The number of para-hydroxylation sites is 1. The molecule has 0 bridgehead atoms. The van der Waals surface area contributed by atoms with Crippen LogP contribution >= 0.6 is 0 Å². The lowest BCUT2D eigenvalue weighted by atomic mass is 9.91. The number of benzene rings is 1. The minimum absolute atomic E-state index is 0.170. The Morgan fingerprint density at radius 3 is 2.64 bits per heavy atom. The van der Waals surface area contributed by atoms with E-state index in [9.17, 15) is 5.11 Å². The fourth-order valence-electron chi connectivity index (χ4n) is 3.35. The Bertz CT molecular complexity index is 835. The number of nitrogens with zero attached hydrogens (tertiary/aromatic N) is 1. The van der Waals surface area contributed by atoms with Crippen molar-refractivity contribution in [3.63, 3.8) is 0 Å². The molecule has 1 saturated heterocycles. The lowest BCUT2D eigenvalue weighted by Gasteiger charge is -2.34. The third-order valence-electron chi connectivity index (χ3n) is 5.16. The monoisotopic (exact) mass is 382 g/mol. The summed E-state index contributed by atoms with van der Waals surface area (Å²) in [5.41, 5.74) is 15.4. The van der Waals surface area contributed by atoms with Crippen molar-refractivity contribution in [3.05, 3.63) is 59.8 Å². The third-order valence-corrected chi connectivity index (χ3v) is 5.16. The number of hydrogen-bond donors (Lipinski definition) is 4. The van der Waals surface area contributed by atoms with Crippen molar-refractivity contribution in [2.24, 2.45) is 5.73 Å². The number of allylic oxidation sites excluding steroid dienone is 1. The number of aldehydes is 1. The first-order chi connectivity index (χ1) is 13.4. The number of nitrogens with two attached hydrogens (primary N) is 2. The normalized spacial score (nSPS) is 20.1. The van der Waals surface area contributed by atoms with E-state index in [4.69, 9.17) is 16.3 Å². The lowest BCUT2D eigenvalue weighted by molar-refractivity contribution is -0.104. The molecule has 2 heterocycles. The maximum absolute atomic E-state index is 9.93. The number of likely N-dealkylation sites (tertiary alicyclic amines) is 1. The fraction of sp³-hybridized carbons (Fsp3) is 0.318. The second-order valence-corrected chi connectivity index (χ2v) is 7.15. The molecule has 0 saturated carbocycles. The van der Waals surface area contributed by atoms with Gasteiger partial charge in [0.15, 0.2) is 0 Å². The molecule has 2 aromatic rings. The molecule has 2 atom stereocenters. The predicted molar refractivity (Wildman–Crippen MR) is 116 cm³/mol. The summed E-state index contributed by atoms with van der Waals surface area (Å²) in [6.07, 6.45) is 5.99. The highest BCUT2D eigenvalue weighted by Crippen LogP contribution is 2.32. The molecule has 6 heteroatoms. The number of nitrogens with one attached hydrogen (secondary N) is 1. The van der Waals surface area contributed by atoms with Gasteiger partial charge in [0.2, 0.25) is 0 Å². The van der Waals surface area contributed by atoms with Crippen LogP contribution in [0.3, 0.4) is 0 Å². The Hall–Kier alpha value is -2.99. The minimum atomic E-state index is 0.170. The molecule has 0 amide bonds. The largest absolute Gasteiger partial charge is 0.507 e. The summed E-state index contributed by atoms with van der Waals surface area (Å²) in [5.74, 6) is 1.25. The number of H-pyrrole nitrogens is 1. The van der Waals surface area contributed by atoms with E-state index in [-0.39, 0.29) is 5.75 Å². The Balaban J connectivity index is 0.000000640. The number of rotatable bonds is 4. The number of nitrogen functional groups attached to an aromatic ring is 1. The van der Waals surface area contributed by atoms with Crippen molar-refractivity contribution >= 4 is 23.9 Å². The van der Waals surface area contributed by atoms with Crippen LogP contribution in [0.5, 0.6) is 5.75 Å². The summed E-state index contributed by atoms with van der Waals surface area (Å²) in [6.45, 7) is 6.40. The Labute approximate surface area is 166 Å². The van der Waals surface area contributed by atoms with Crippen LogP contribution in [-0.4, -0.2) is 40.9 Å². The van der Waals surface area contributed by atoms with Gasteiger partial charge in [0, 0.05) is 41.0 Å². The van der Waals surface area contributed by atoms with Crippen molar-refractivity contribution in [1.29, 1.82) is 0 Å². The van der Waals surface area contributed by atoms with Gasteiger partial charge in [0.25, 0.3) is 0 Å². The summed E-state index contributed by atoms with van der Waals surface area (Å²) in [4.78, 5) is 14.8. The zero-order valence-corrected chi connectivity index (χ0v) is 16.6. The van der Waals surface area contributed by atoms with Gasteiger partial charge in [-0.25, -0.2) is 0 Å². The third kappa shape index (κ3) is 5.27. The van der Waals surface area contributed by atoms with Gasteiger partial charge in [-0.1, -0.05) is 18.7 Å². The average molecular weight is 383 g/mol. The number of hydrogen-bond acceptors (Lipinski definition) is 5. The van der Waals surface area contributed by atoms with Gasteiger partial charge in [-0.3, -0.25) is 4.79 Å². The van der Waals surface area contributed by atoms with Crippen LogP contribution in [0.25, 0.3) is 11.8 Å². The number of carbonyl (C=O) groups is 1. The highest BCUT2D eigenvalue weighted by atomic mass is 16.3. The van der Waals surface area contributed by atoms with E-state index in [0.29, 0.717) is 35.3 Å². The van der Waals surface area contributed by atoms with Gasteiger partial charge < -0.3 is 26.5 Å². The summed E-state index contributed by atoms with van der Waals surface area (Å²) in [6, 6.07) is 9.75. The Kier molecular flexibility index (Phi) is 7.46. The average Bonchev–Trinajstić information content (AvgIpc) is 3.05. The molecule has 3 rings (SSSR count). The summed E-state index contributed by atoms with van der Waals surface area (Å²) >= 11 is 0. The van der Waals surface area contributed by atoms with Crippen LogP contribution in [0.1, 0.15) is 42.5 Å². The van der Waals surface area contributed by atoms with E-state index in [0.717, 1.165) is 24.2 Å². The molecule has 1 aliphatic rings. The molecule has 0 spiro atoms. The van der Waals surface area contributed by atoms with E-state index in [2.05, 4.69) is 36.5 Å². The van der Waals surface area contributed by atoms with Crippen LogP contribution in [-0.2, 0) is 4.79 Å². The van der Waals surface area contributed by atoms with Crippen molar-refractivity contribution in [2.75, 3.05) is 19.3 Å². The molecule has 6 N–H and O–H groups in total. The standard InChI is InChI=1S/C19H26N4O.C3H4O/c1-12-7-8-13(11-23(12)2)17-10-14(19(21)22-17)9-16(20)15-5-3-4-6-18(15)24;1-2-3-4/h3-6,9-10,12-13,22,24H,7-8,11,20-21H2,1-2H3;2-3H,1H2/b16-9-;/t12-,13?;/m1./s1. The SMILES string of the molecule is C=CC=O.C[C@@H]1CCC(c2cc(/C=C(\N)c3ccccc3O)c(N)[nH]2)CN1C. The van der Waals surface area contributed by atoms with E-state index >= 15 is 0 Å². The quantitative estimate of drug-likeness (QED) is 0.479. The molecule has 1 aromatic carbocycles. The fourth-order valence-corrected chi connectivity index (χ4v) is 3.35. The molecular weight excluding hydrogens is 352 g/mol. The second-order valence-electron chi connectivity index (χ2n) is 7.15. The topological polar surface area (TPSA) is 108 Å². The van der Waals surface area contributed by atoms with Gasteiger partial charge >= 0.3 is 0 Å². The first-order valence-electron chi connectivity index (χ1n) is 9.37. The van der Waals surface area contributed by atoms with Gasteiger partial charge in [-0.2, -0.15) is 0 Å². The molecule has 0 radical (unpaired) electrons. The summed E-state index contributed by atoms with van der Waals surface area (Å²) in [5, 5.41) is 9.93. The van der Waals surface area contributed by atoms with Crippen LogP contribution < -0.4 is 11.5 Å². The maximum Gasteiger partial charge on any atom is 0.142 e. The number of carbonyl (C=O) groups excluding carboxylic acids is 1. The molecule has 6 nitrogen and oxygen atoms in total. The predicted octanol–water partition coefficient (Wildman–Crippen LogP) is 3.33. The highest BCUT2D eigenvalue weighted by molar-refractivity contribution is 5.84. The van der Waals surface area contributed by atoms with E-state index in [1.165, 1.54) is 12.5 Å². The summed E-state index contributed by atoms with van der Waals surface area (Å²) in [7, 11) is 2.17. The Morgan fingerprint density at radius 2 is 2.04 bits per heavy atom. The van der Waals surface area contributed by atoms with Crippen molar-refractivity contribution in [3.8, 4) is 5.75 Å². The van der Waals surface area contributed by atoms with Gasteiger partial charge in [-0.05, 0) is 57.2 Å². The van der Waals surface area contributed by atoms with Gasteiger partial charge in [-0.15, -0.1) is 0 Å². The number of piperidine rings is 1. The van der Waals surface area contributed by atoms with Crippen LogP contribution in [0.2, 0.25) is 0 Å². The van der Waals surface area contributed by atoms with Crippen molar-refractivity contribution in [2.45, 2.75) is 31.7 Å². The molecule has 1 fully saturated rings. The van der Waals surface area contributed by atoms with Crippen LogP contribution in [0, 0.1) is 0 Å². The Morgan fingerprint density at radius 1 is 1.36 bits per heavy atom. The smallest absolute Gasteiger partial charge is 0.142 e. The second kappa shape index (κ2) is 9.80. The summed E-state index contributed by atoms with van der Waals surface area (Å²) < 4.78 is 0. The van der Waals surface area contributed by atoms with Crippen LogP contribution in [0.15, 0.2) is 43.0 Å². The molecule has 1 aliphatic heterocycles. The zero-order valence-electron chi connectivity index (χ0n) is 16.6. The lowest BCUT2D eigenvalue weighted by Crippen LogP contribution is -2.37. The number of likely N-dealkylation sites (N-methyl/N-ethyl adjacent to an activating group) is 1. The first-order valence-corrected chi connectivity index (χ1v) is 9.37. The number of aromatic hydroxyl groups is 1. The zero-order chi connectivity index (χ0) is 20.7. The number of aromatic nitrogens is 1. The van der Waals surface area contributed by atoms with Crippen molar-refractivity contribution in [1.82, 2.24) is 9.88 Å². The molecular formula is C22H30N4O2. The highest BCUT2D eigenvalue weighted by Gasteiger charge is 2.25. The van der Waals surface area contributed by atoms with E-state index in [1.807, 2.05) is 12.1 Å².